The second kappa shape index (κ2) is 12.5. The van der Waals surface area contributed by atoms with Gasteiger partial charge in [0.15, 0.2) is 5.60 Å². The fourth-order valence-corrected chi connectivity index (χ4v) is 5.98. The summed E-state index contributed by atoms with van der Waals surface area (Å²) in [5.41, 5.74) is 6.38. The minimum Gasteiger partial charge on any atom is -0.491 e. The van der Waals surface area contributed by atoms with Crippen LogP contribution in [0.3, 0.4) is 0 Å². The standard InChI is InChI=1S/C37H35NO4/c1-39-25-26-41-33-24-13-12-21-32(33)34-30-22-14-23-31(30)35(38-36(34)40-2)42-37(27-15-6-3-7-16-27,28-17-8-4-9-18-28)29-19-10-5-11-20-29/h3-13,15-21,24H,14,22-23,25-26H2,1-2H3. The fourth-order valence-electron chi connectivity index (χ4n) is 5.98. The molecular formula is C37H35NO4. The lowest BCUT2D eigenvalue weighted by Gasteiger charge is -2.36. The summed E-state index contributed by atoms with van der Waals surface area (Å²) in [7, 11) is 3.35. The van der Waals surface area contributed by atoms with Gasteiger partial charge in [-0.05, 0) is 30.9 Å². The molecule has 0 bridgehead atoms. The van der Waals surface area contributed by atoms with E-state index in [2.05, 4.69) is 78.9 Å². The number of hydrogen-bond acceptors (Lipinski definition) is 5. The van der Waals surface area contributed by atoms with E-state index in [1.54, 1.807) is 14.2 Å². The summed E-state index contributed by atoms with van der Waals surface area (Å²) in [5, 5.41) is 0. The van der Waals surface area contributed by atoms with Crippen molar-refractivity contribution in [1.82, 2.24) is 4.98 Å². The molecule has 0 saturated carbocycles. The minimum absolute atomic E-state index is 0.459. The SMILES string of the molecule is COCCOc1ccccc1-c1c(OC)nc(OC(c2ccccc2)(c2ccccc2)c2ccccc2)c2c1CCC2. The Morgan fingerprint density at radius 3 is 1.74 bits per heavy atom. The third kappa shape index (κ3) is 5.12. The molecule has 6 rings (SSSR count). The van der Waals surface area contributed by atoms with Crippen molar-refractivity contribution in [3.8, 4) is 28.6 Å². The molecule has 1 heterocycles. The van der Waals surface area contributed by atoms with E-state index in [1.807, 2.05) is 36.4 Å². The molecule has 1 aliphatic rings. The number of para-hydroxylation sites is 1. The van der Waals surface area contributed by atoms with Crippen molar-refractivity contribution in [3.63, 3.8) is 0 Å². The Kier molecular flexibility index (Phi) is 8.20. The summed E-state index contributed by atoms with van der Waals surface area (Å²) in [5.74, 6) is 1.90. The highest BCUT2D eigenvalue weighted by molar-refractivity contribution is 5.80. The molecule has 1 aliphatic carbocycles. The zero-order chi connectivity index (χ0) is 28.8. The Morgan fingerprint density at radius 2 is 1.17 bits per heavy atom. The summed E-state index contributed by atoms with van der Waals surface area (Å²) >= 11 is 0. The highest BCUT2D eigenvalue weighted by Gasteiger charge is 2.41. The lowest BCUT2D eigenvalue weighted by atomic mass is 9.80. The molecule has 0 fully saturated rings. The Hall–Kier alpha value is -4.61. The van der Waals surface area contributed by atoms with Gasteiger partial charge in [-0.3, -0.25) is 0 Å². The molecule has 0 amide bonds. The fraction of sp³-hybridized carbons (Fsp3) is 0.216. The van der Waals surface area contributed by atoms with Crippen LogP contribution < -0.4 is 14.2 Å². The normalized spacial score (nSPS) is 12.5. The average molecular weight is 558 g/mol. The molecule has 5 aromatic rings. The Bertz CT molecular complexity index is 1520. The number of rotatable bonds is 11. The van der Waals surface area contributed by atoms with Gasteiger partial charge in [0.1, 0.15) is 12.4 Å². The van der Waals surface area contributed by atoms with Crippen molar-refractivity contribution in [2.75, 3.05) is 27.4 Å². The topological polar surface area (TPSA) is 49.8 Å². The second-order valence-electron chi connectivity index (χ2n) is 10.3. The first kappa shape index (κ1) is 27.6. The van der Waals surface area contributed by atoms with E-state index in [4.69, 9.17) is 23.9 Å². The molecule has 212 valence electrons. The molecular weight excluding hydrogens is 522 g/mol. The van der Waals surface area contributed by atoms with E-state index < -0.39 is 5.60 Å². The first-order valence-electron chi connectivity index (χ1n) is 14.4. The summed E-state index contributed by atoms with van der Waals surface area (Å²) in [6.07, 6.45) is 2.78. The Balaban J connectivity index is 1.56. The zero-order valence-corrected chi connectivity index (χ0v) is 24.1. The van der Waals surface area contributed by atoms with Crippen LogP contribution in [0.1, 0.15) is 34.2 Å². The maximum absolute atomic E-state index is 7.31. The smallest absolute Gasteiger partial charge is 0.224 e. The van der Waals surface area contributed by atoms with Crippen molar-refractivity contribution < 1.29 is 18.9 Å². The molecule has 0 radical (unpaired) electrons. The first-order valence-corrected chi connectivity index (χ1v) is 14.4. The number of methoxy groups -OCH3 is 2. The monoisotopic (exact) mass is 557 g/mol. The van der Waals surface area contributed by atoms with Crippen LogP contribution in [0.25, 0.3) is 11.1 Å². The van der Waals surface area contributed by atoms with Crippen LogP contribution in [-0.2, 0) is 23.2 Å². The summed E-state index contributed by atoms with van der Waals surface area (Å²) < 4.78 is 24.7. The molecule has 0 saturated heterocycles. The lowest BCUT2D eigenvalue weighted by molar-refractivity contribution is 0.144. The van der Waals surface area contributed by atoms with E-state index in [0.717, 1.165) is 58.4 Å². The maximum Gasteiger partial charge on any atom is 0.224 e. The number of ether oxygens (including phenoxy) is 4. The van der Waals surface area contributed by atoms with Crippen molar-refractivity contribution in [2.45, 2.75) is 24.9 Å². The van der Waals surface area contributed by atoms with Crippen molar-refractivity contribution >= 4 is 0 Å². The minimum atomic E-state index is -0.930. The van der Waals surface area contributed by atoms with Crippen molar-refractivity contribution in [3.05, 3.63) is 143 Å². The van der Waals surface area contributed by atoms with Gasteiger partial charge >= 0.3 is 0 Å². The zero-order valence-electron chi connectivity index (χ0n) is 24.1. The van der Waals surface area contributed by atoms with E-state index in [0.29, 0.717) is 25.0 Å². The largest absolute Gasteiger partial charge is 0.491 e. The number of pyridine rings is 1. The van der Waals surface area contributed by atoms with E-state index in [9.17, 15) is 0 Å². The van der Waals surface area contributed by atoms with E-state index in [1.165, 1.54) is 5.56 Å². The maximum atomic E-state index is 7.31. The van der Waals surface area contributed by atoms with Gasteiger partial charge in [-0.15, -0.1) is 0 Å². The predicted octanol–water partition coefficient (Wildman–Crippen LogP) is 7.64. The number of hydrogen-bond donors (Lipinski definition) is 0. The molecule has 0 N–H and O–H groups in total. The van der Waals surface area contributed by atoms with Gasteiger partial charge < -0.3 is 18.9 Å². The van der Waals surface area contributed by atoms with Crippen LogP contribution in [-0.4, -0.2) is 32.4 Å². The summed E-state index contributed by atoms with van der Waals surface area (Å²) in [4.78, 5) is 5.11. The van der Waals surface area contributed by atoms with Crippen LogP contribution in [0.4, 0.5) is 0 Å². The third-order valence-corrected chi connectivity index (χ3v) is 7.88. The van der Waals surface area contributed by atoms with Crippen molar-refractivity contribution in [1.29, 1.82) is 0 Å². The molecule has 42 heavy (non-hydrogen) atoms. The van der Waals surface area contributed by atoms with Crippen LogP contribution >= 0.6 is 0 Å². The van der Waals surface area contributed by atoms with Gasteiger partial charge in [0, 0.05) is 34.9 Å². The number of fused-ring (bicyclic) bond motifs is 1. The highest BCUT2D eigenvalue weighted by atomic mass is 16.5. The lowest BCUT2D eigenvalue weighted by Crippen LogP contribution is -2.36. The molecule has 0 aliphatic heterocycles. The number of benzene rings is 4. The quantitative estimate of drug-likeness (QED) is 0.123. The van der Waals surface area contributed by atoms with Gasteiger partial charge in [0.2, 0.25) is 11.8 Å². The van der Waals surface area contributed by atoms with Crippen LogP contribution in [0.5, 0.6) is 17.5 Å². The third-order valence-electron chi connectivity index (χ3n) is 7.88. The number of nitrogens with zero attached hydrogens (tertiary/aromatic N) is 1. The number of aromatic nitrogens is 1. The van der Waals surface area contributed by atoms with Crippen LogP contribution in [0.15, 0.2) is 115 Å². The molecule has 0 atom stereocenters. The van der Waals surface area contributed by atoms with Crippen LogP contribution in [0, 0.1) is 0 Å². The van der Waals surface area contributed by atoms with Crippen LogP contribution in [0.2, 0.25) is 0 Å². The van der Waals surface area contributed by atoms with Gasteiger partial charge in [0.05, 0.1) is 19.3 Å². The second-order valence-corrected chi connectivity index (χ2v) is 10.3. The first-order chi connectivity index (χ1) is 20.8. The molecule has 5 heteroatoms. The van der Waals surface area contributed by atoms with Gasteiger partial charge in [-0.2, -0.15) is 4.98 Å². The van der Waals surface area contributed by atoms with Gasteiger partial charge in [-0.25, -0.2) is 0 Å². The van der Waals surface area contributed by atoms with E-state index >= 15 is 0 Å². The Labute approximate surface area is 247 Å². The van der Waals surface area contributed by atoms with Crippen molar-refractivity contribution in [2.24, 2.45) is 0 Å². The van der Waals surface area contributed by atoms with E-state index in [-0.39, 0.29) is 0 Å². The molecule has 4 aromatic carbocycles. The average Bonchev–Trinajstić information content (AvgIpc) is 3.55. The predicted molar refractivity (Wildman–Crippen MR) is 165 cm³/mol. The molecule has 5 nitrogen and oxygen atoms in total. The van der Waals surface area contributed by atoms with Gasteiger partial charge in [-0.1, -0.05) is 109 Å². The molecule has 1 aromatic heterocycles. The van der Waals surface area contributed by atoms with Gasteiger partial charge in [0.25, 0.3) is 0 Å². The Morgan fingerprint density at radius 1 is 0.619 bits per heavy atom. The summed E-state index contributed by atoms with van der Waals surface area (Å²) in [6, 6.07) is 39.2. The highest BCUT2D eigenvalue weighted by Crippen LogP contribution is 2.48. The summed E-state index contributed by atoms with van der Waals surface area (Å²) in [6.45, 7) is 0.968. The molecule has 0 spiro atoms. The molecule has 0 unspecified atom stereocenters.